The molecule has 0 aromatic rings. The maximum atomic E-state index is 11.0. The van der Waals surface area contributed by atoms with Crippen molar-refractivity contribution in [3.8, 4) is 0 Å². The zero-order chi connectivity index (χ0) is 10.3. The van der Waals surface area contributed by atoms with Gasteiger partial charge in [-0.2, -0.15) is 0 Å². The van der Waals surface area contributed by atoms with Gasteiger partial charge in [-0.15, -0.1) is 0 Å². The molecular formula is C8H18LiO4Si. The molecule has 0 unspecified atom stereocenters. The van der Waals surface area contributed by atoms with E-state index in [1.54, 1.807) is 13.5 Å². The van der Waals surface area contributed by atoms with Crippen molar-refractivity contribution in [3.05, 3.63) is 0 Å². The summed E-state index contributed by atoms with van der Waals surface area (Å²) in [5, 5.41) is 0. The van der Waals surface area contributed by atoms with Crippen molar-refractivity contribution in [2.24, 2.45) is 0 Å². The molecule has 0 spiro atoms. The van der Waals surface area contributed by atoms with Crippen LogP contribution in [0.1, 0.15) is 27.2 Å². The first-order valence-electron chi connectivity index (χ1n) is 4.57. The zero-order valence-electron chi connectivity index (χ0n) is 9.75. The fourth-order valence-electron chi connectivity index (χ4n) is 0.904. The fourth-order valence-corrected chi connectivity index (χ4v) is 2.71. The van der Waals surface area contributed by atoms with Gasteiger partial charge in [0.25, 0.3) is 5.97 Å². The van der Waals surface area contributed by atoms with E-state index in [2.05, 4.69) is 0 Å². The Morgan fingerprint density at radius 3 is 1.86 bits per heavy atom. The van der Waals surface area contributed by atoms with Crippen molar-refractivity contribution in [3.63, 3.8) is 0 Å². The van der Waals surface area contributed by atoms with Crippen molar-refractivity contribution in [2.45, 2.75) is 33.7 Å². The SMILES string of the molecule is CCO[Si](C)(OCC)OC(=O)CC.[Li]. The van der Waals surface area contributed by atoms with Crippen molar-refractivity contribution < 1.29 is 18.1 Å². The summed E-state index contributed by atoms with van der Waals surface area (Å²) in [6, 6.07) is 0. The number of carbonyl (C=O) groups excluding carboxylic acids is 1. The van der Waals surface area contributed by atoms with Crippen LogP contribution in [0.3, 0.4) is 0 Å². The molecule has 0 fully saturated rings. The van der Waals surface area contributed by atoms with Crippen LogP contribution in [0.5, 0.6) is 0 Å². The average molecular weight is 213 g/mol. The number of rotatable bonds is 6. The van der Waals surface area contributed by atoms with E-state index < -0.39 is 8.80 Å². The van der Waals surface area contributed by atoms with Gasteiger partial charge in [-0.3, -0.25) is 4.79 Å². The standard InChI is InChI=1S/C8H18O4Si.Li/c1-5-8(9)12-13(4,10-6-2)11-7-3;/h5-7H2,1-4H3;. The van der Waals surface area contributed by atoms with E-state index in [1.807, 2.05) is 13.8 Å². The van der Waals surface area contributed by atoms with Gasteiger partial charge in [-0.1, -0.05) is 6.92 Å². The predicted molar refractivity (Wildman–Crippen MR) is 57.0 cm³/mol. The van der Waals surface area contributed by atoms with E-state index in [4.69, 9.17) is 13.3 Å². The number of carbonyl (C=O) groups is 1. The number of hydrogen-bond acceptors (Lipinski definition) is 4. The molecule has 0 atom stereocenters. The quantitative estimate of drug-likeness (QED) is 0.622. The van der Waals surface area contributed by atoms with Crippen LogP contribution >= 0.6 is 0 Å². The molecule has 4 nitrogen and oxygen atoms in total. The molecule has 0 rings (SSSR count). The van der Waals surface area contributed by atoms with E-state index in [0.29, 0.717) is 19.6 Å². The second-order valence-electron chi connectivity index (χ2n) is 2.56. The molecule has 0 aliphatic rings. The van der Waals surface area contributed by atoms with Crippen molar-refractivity contribution in [1.82, 2.24) is 0 Å². The van der Waals surface area contributed by atoms with Gasteiger partial charge in [0.2, 0.25) is 0 Å². The minimum absolute atomic E-state index is 0. The normalized spacial score (nSPS) is 10.6. The van der Waals surface area contributed by atoms with Crippen molar-refractivity contribution in [2.75, 3.05) is 13.2 Å². The Balaban J connectivity index is 0. The summed E-state index contributed by atoms with van der Waals surface area (Å²) in [5.74, 6) is -0.268. The summed E-state index contributed by atoms with van der Waals surface area (Å²) in [6.45, 7) is 8.18. The molecule has 0 aliphatic carbocycles. The maximum absolute atomic E-state index is 11.0. The Morgan fingerprint density at radius 2 is 1.57 bits per heavy atom. The zero-order valence-corrected chi connectivity index (χ0v) is 10.8. The smallest absolute Gasteiger partial charge is 0.473 e. The third-order valence-electron chi connectivity index (χ3n) is 1.40. The molecule has 14 heavy (non-hydrogen) atoms. The van der Waals surface area contributed by atoms with Crippen LogP contribution in [-0.4, -0.2) is 46.8 Å². The summed E-state index contributed by atoms with van der Waals surface area (Å²) in [5.41, 5.74) is 0. The van der Waals surface area contributed by atoms with Crippen molar-refractivity contribution >= 4 is 33.6 Å². The molecule has 0 amide bonds. The monoisotopic (exact) mass is 213 g/mol. The second-order valence-corrected chi connectivity index (χ2v) is 5.06. The molecule has 0 saturated carbocycles. The van der Waals surface area contributed by atoms with Crippen LogP contribution in [0.4, 0.5) is 0 Å². The third-order valence-corrected chi connectivity index (χ3v) is 3.63. The molecule has 0 saturated heterocycles. The van der Waals surface area contributed by atoms with Gasteiger partial charge in [0.15, 0.2) is 0 Å². The Bertz CT molecular complexity index is 159. The van der Waals surface area contributed by atoms with Crippen LogP contribution in [0, 0.1) is 0 Å². The third kappa shape index (κ3) is 6.63. The average Bonchev–Trinajstić information content (AvgIpc) is 2.04. The number of hydrogen-bond donors (Lipinski definition) is 0. The Kier molecular flexibility index (Phi) is 10.1. The predicted octanol–water partition coefficient (Wildman–Crippen LogP) is 1.20. The van der Waals surface area contributed by atoms with E-state index >= 15 is 0 Å². The molecule has 79 valence electrons. The van der Waals surface area contributed by atoms with Gasteiger partial charge in [0.1, 0.15) is 0 Å². The molecule has 0 aliphatic heterocycles. The molecule has 0 aromatic heterocycles. The van der Waals surface area contributed by atoms with Gasteiger partial charge in [-0.25, -0.2) is 0 Å². The Morgan fingerprint density at radius 1 is 1.14 bits per heavy atom. The van der Waals surface area contributed by atoms with E-state index in [-0.39, 0.29) is 24.8 Å². The van der Waals surface area contributed by atoms with Crippen LogP contribution in [0.2, 0.25) is 6.55 Å². The van der Waals surface area contributed by atoms with Gasteiger partial charge in [-0.05, 0) is 13.8 Å². The summed E-state index contributed by atoms with van der Waals surface area (Å²) in [6.07, 6.45) is 0.350. The molecule has 6 heteroatoms. The molecule has 1 radical (unpaired) electrons. The Hall–Kier alpha value is 0.204. The van der Waals surface area contributed by atoms with Gasteiger partial charge >= 0.3 is 8.80 Å². The van der Waals surface area contributed by atoms with Gasteiger partial charge in [0.05, 0.1) is 0 Å². The second kappa shape index (κ2) is 8.51. The minimum atomic E-state index is -2.68. The van der Waals surface area contributed by atoms with Crippen LogP contribution in [-0.2, 0) is 18.1 Å². The first kappa shape index (κ1) is 16.6. The fraction of sp³-hybridized carbons (Fsp3) is 0.875. The summed E-state index contributed by atoms with van der Waals surface area (Å²) in [7, 11) is -2.68. The first-order chi connectivity index (χ1) is 6.08. The molecule has 0 bridgehead atoms. The maximum Gasteiger partial charge on any atom is 0.564 e. The minimum Gasteiger partial charge on any atom is -0.473 e. The van der Waals surface area contributed by atoms with Crippen LogP contribution < -0.4 is 0 Å². The summed E-state index contributed by atoms with van der Waals surface area (Å²) in [4.78, 5) is 11.0. The first-order valence-corrected chi connectivity index (χ1v) is 6.80. The van der Waals surface area contributed by atoms with E-state index in [0.717, 1.165) is 0 Å². The molecule has 0 heterocycles. The molecular weight excluding hydrogens is 195 g/mol. The van der Waals surface area contributed by atoms with E-state index in [9.17, 15) is 4.79 Å². The van der Waals surface area contributed by atoms with Crippen LogP contribution in [0.15, 0.2) is 0 Å². The van der Waals surface area contributed by atoms with Crippen molar-refractivity contribution in [1.29, 1.82) is 0 Å². The van der Waals surface area contributed by atoms with E-state index in [1.165, 1.54) is 0 Å². The van der Waals surface area contributed by atoms with Crippen LogP contribution in [0.25, 0.3) is 0 Å². The topological polar surface area (TPSA) is 44.8 Å². The molecule has 0 N–H and O–H groups in total. The Labute approximate surface area is 98.8 Å². The largest absolute Gasteiger partial charge is 0.564 e. The summed E-state index contributed by atoms with van der Waals surface area (Å²) >= 11 is 0. The molecule has 0 aromatic carbocycles. The van der Waals surface area contributed by atoms with Gasteiger partial charge in [0, 0.05) is 45.0 Å². The summed E-state index contributed by atoms with van der Waals surface area (Å²) < 4.78 is 15.8. The van der Waals surface area contributed by atoms with Gasteiger partial charge < -0.3 is 13.3 Å².